The number of allylic oxidation sites excluding steroid dienone is 1. The van der Waals surface area contributed by atoms with Gasteiger partial charge in [0.05, 0.1) is 17.2 Å². The lowest BCUT2D eigenvalue weighted by molar-refractivity contribution is 0.358. The van der Waals surface area contributed by atoms with E-state index in [4.69, 9.17) is 10.5 Å². The number of nitrogens with zero attached hydrogens (tertiary/aromatic N) is 5. The summed E-state index contributed by atoms with van der Waals surface area (Å²) in [5.41, 5.74) is 10.4. The Morgan fingerprint density at radius 1 is 1.29 bits per heavy atom. The summed E-state index contributed by atoms with van der Waals surface area (Å²) in [6.45, 7) is 4.07. The molecular weight excluding hydrogens is 352 g/mol. The number of hydrogen-bond acceptors (Lipinski definition) is 5. The third kappa shape index (κ3) is 2.74. The highest BCUT2D eigenvalue weighted by molar-refractivity contribution is 5.56. The first kappa shape index (κ1) is 17.9. The topological polar surface area (TPSA) is 94.7 Å². The minimum atomic E-state index is -0.290. The average Bonchev–Trinajstić information content (AvgIpc) is 3.25. The van der Waals surface area contributed by atoms with Crippen molar-refractivity contribution in [3.05, 3.63) is 70.8 Å². The van der Waals surface area contributed by atoms with Crippen molar-refractivity contribution in [1.29, 1.82) is 5.26 Å². The SMILES string of the molecule is CCCc1nn(C)c2c1C(c1ccc(-n3ccnc3C)cc1)C(C#N)=C(N)O2. The van der Waals surface area contributed by atoms with Crippen molar-refractivity contribution in [3.8, 4) is 17.6 Å². The molecule has 0 spiro atoms. The average molecular weight is 374 g/mol. The number of imidazole rings is 1. The Balaban J connectivity index is 1.84. The molecule has 1 aliphatic rings. The van der Waals surface area contributed by atoms with Gasteiger partial charge in [-0.25, -0.2) is 9.67 Å². The van der Waals surface area contributed by atoms with Gasteiger partial charge in [0.25, 0.3) is 0 Å². The van der Waals surface area contributed by atoms with Crippen LogP contribution in [0.25, 0.3) is 5.69 Å². The minimum Gasteiger partial charge on any atom is -0.422 e. The molecular formula is C21H22N6O. The number of fused-ring (bicyclic) bond motifs is 1. The van der Waals surface area contributed by atoms with E-state index < -0.39 is 0 Å². The summed E-state index contributed by atoms with van der Waals surface area (Å²) >= 11 is 0. The molecule has 28 heavy (non-hydrogen) atoms. The Morgan fingerprint density at radius 2 is 2.04 bits per heavy atom. The van der Waals surface area contributed by atoms with Crippen LogP contribution in [0, 0.1) is 18.3 Å². The molecule has 0 bridgehead atoms. The van der Waals surface area contributed by atoms with E-state index in [1.165, 1.54) is 0 Å². The smallest absolute Gasteiger partial charge is 0.224 e. The maximum Gasteiger partial charge on any atom is 0.224 e. The van der Waals surface area contributed by atoms with E-state index in [0.717, 1.165) is 41.2 Å². The van der Waals surface area contributed by atoms with Gasteiger partial charge in [-0.3, -0.25) is 0 Å². The Bertz CT molecular complexity index is 1100. The summed E-state index contributed by atoms with van der Waals surface area (Å²) in [5.74, 6) is 1.38. The van der Waals surface area contributed by atoms with Crippen LogP contribution in [0.15, 0.2) is 48.1 Å². The molecule has 1 aromatic carbocycles. The number of rotatable bonds is 4. The molecule has 0 saturated carbocycles. The first-order chi connectivity index (χ1) is 13.5. The predicted molar refractivity (Wildman–Crippen MR) is 105 cm³/mol. The molecule has 2 aromatic heterocycles. The van der Waals surface area contributed by atoms with E-state index in [-0.39, 0.29) is 11.8 Å². The zero-order valence-electron chi connectivity index (χ0n) is 16.2. The van der Waals surface area contributed by atoms with Gasteiger partial charge in [0.15, 0.2) is 0 Å². The minimum absolute atomic E-state index is 0.139. The van der Waals surface area contributed by atoms with Crippen LogP contribution in [0.4, 0.5) is 0 Å². The standard InChI is InChI=1S/C21H22N6O/c1-4-5-17-19-18(16(12-22)20(23)28-21(19)26(3)25-17)14-6-8-15(9-7-14)27-11-10-24-13(27)2/h6-11,18H,4-5,23H2,1-3H3. The van der Waals surface area contributed by atoms with Gasteiger partial charge in [-0.05, 0) is 31.0 Å². The summed E-state index contributed by atoms with van der Waals surface area (Å²) in [5, 5.41) is 14.4. The van der Waals surface area contributed by atoms with Gasteiger partial charge >= 0.3 is 0 Å². The van der Waals surface area contributed by atoms with Crippen LogP contribution in [0.5, 0.6) is 5.88 Å². The molecule has 1 aliphatic heterocycles. The molecule has 0 radical (unpaired) electrons. The van der Waals surface area contributed by atoms with Gasteiger partial charge in [-0.15, -0.1) is 0 Å². The number of hydrogen-bond donors (Lipinski definition) is 1. The molecule has 0 amide bonds. The third-order valence-corrected chi connectivity index (χ3v) is 5.09. The summed E-state index contributed by atoms with van der Waals surface area (Å²) < 4.78 is 9.49. The van der Waals surface area contributed by atoms with Crippen LogP contribution in [0.2, 0.25) is 0 Å². The fourth-order valence-corrected chi connectivity index (χ4v) is 3.79. The molecule has 0 aliphatic carbocycles. The second-order valence-electron chi connectivity index (χ2n) is 6.90. The van der Waals surface area contributed by atoms with Crippen LogP contribution < -0.4 is 10.5 Å². The Kier molecular flexibility index (Phi) is 4.40. The zero-order valence-corrected chi connectivity index (χ0v) is 16.2. The molecule has 7 heteroatoms. The monoisotopic (exact) mass is 374 g/mol. The van der Waals surface area contributed by atoms with Gasteiger partial charge in [0, 0.05) is 25.1 Å². The molecule has 3 aromatic rings. The van der Waals surface area contributed by atoms with Crippen LogP contribution in [0.3, 0.4) is 0 Å². The van der Waals surface area contributed by atoms with Crippen molar-refractivity contribution in [2.24, 2.45) is 12.8 Å². The number of benzene rings is 1. The van der Waals surface area contributed by atoms with E-state index in [2.05, 4.69) is 23.1 Å². The number of aromatic nitrogens is 4. The van der Waals surface area contributed by atoms with E-state index in [0.29, 0.717) is 11.5 Å². The van der Waals surface area contributed by atoms with Crippen LogP contribution in [-0.2, 0) is 13.5 Å². The largest absolute Gasteiger partial charge is 0.422 e. The summed E-state index contributed by atoms with van der Waals surface area (Å²) in [6, 6.07) is 10.4. The quantitative estimate of drug-likeness (QED) is 0.757. The zero-order chi connectivity index (χ0) is 19.8. The van der Waals surface area contributed by atoms with Crippen molar-refractivity contribution in [2.75, 3.05) is 0 Å². The van der Waals surface area contributed by atoms with Crippen molar-refractivity contribution in [1.82, 2.24) is 19.3 Å². The Hall–Kier alpha value is -3.53. The first-order valence-corrected chi connectivity index (χ1v) is 9.28. The highest BCUT2D eigenvalue weighted by Gasteiger charge is 2.35. The van der Waals surface area contributed by atoms with Gasteiger partial charge in [-0.1, -0.05) is 25.5 Å². The van der Waals surface area contributed by atoms with Gasteiger partial charge in [0.2, 0.25) is 11.8 Å². The molecule has 1 unspecified atom stereocenters. The Morgan fingerprint density at radius 3 is 2.64 bits per heavy atom. The van der Waals surface area contributed by atoms with Crippen LogP contribution >= 0.6 is 0 Å². The first-order valence-electron chi connectivity index (χ1n) is 9.28. The molecule has 4 rings (SSSR count). The molecule has 2 N–H and O–H groups in total. The van der Waals surface area contributed by atoms with Gasteiger partial charge in [0.1, 0.15) is 17.5 Å². The summed E-state index contributed by atoms with van der Waals surface area (Å²) in [4.78, 5) is 4.27. The van der Waals surface area contributed by atoms with Gasteiger partial charge in [-0.2, -0.15) is 10.4 Å². The number of aryl methyl sites for hydroxylation is 3. The van der Waals surface area contributed by atoms with E-state index in [1.54, 1.807) is 10.9 Å². The molecule has 3 heterocycles. The predicted octanol–water partition coefficient (Wildman–Crippen LogP) is 3.08. The lowest BCUT2D eigenvalue weighted by atomic mass is 9.83. The van der Waals surface area contributed by atoms with Gasteiger partial charge < -0.3 is 15.0 Å². The van der Waals surface area contributed by atoms with Crippen LogP contribution in [-0.4, -0.2) is 19.3 Å². The van der Waals surface area contributed by atoms with Crippen molar-refractivity contribution >= 4 is 0 Å². The fraction of sp³-hybridized carbons (Fsp3) is 0.286. The molecule has 1 atom stereocenters. The number of nitrogens with two attached hydrogens (primary N) is 1. The lowest BCUT2D eigenvalue weighted by Crippen LogP contribution is -2.22. The third-order valence-electron chi connectivity index (χ3n) is 5.09. The van der Waals surface area contributed by atoms with E-state index in [1.807, 2.05) is 49.0 Å². The molecule has 0 saturated heterocycles. The Labute approximate surface area is 163 Å². The second-order valence-corrected chi connectivity index (χ2v) is 6.90. The number of nitriles is 1. The van der Waals surface area contributed by atoms with Crippen molar-refractivity contribution < 1.29 is 4.74 Å². The summed E-state index contributed by atoms with van der Waals surface area (Å²) in [7, 11) is 1.84. The highest BCUT2D eigenvalue weighted by Crippen LogP contribution is 2.44. The molecule has 0 fully saturated rings. The maximum absolute atomic E-state index is 9.78. The van der Waals surface area contributed by atoms with Crippen molar-refractivity contribution in [2.45, 2.75) is 32.6 Å². The van der Waals surface area contributed by atoms with E-state index in [9.17, 15) is 5.26 Å². The maximum atomic E-state index is 9.78. The molecule has 142 valence electrons. The van der Waals surface area contributed by atoms with Crippen molar-refractivity contribution in [3.63, 3.8) is 0 Å². The fourth-order valence-electron chi connectivity index (χ4n) is 3.79. The lowest BCUT2D eigenvalue weighted by Gasteiger charge is -2.25. The normalized spacial score (nSPS) is 15.9. The molecule has 7 nitrogen and oxygen atoms in total. The highest BCUT2D eigenvalue weighted by atomic mass is 16.5. The van der Waals surface area contributed by atoms with E-state index >= 15 is 0 Å². The number of ether oxygens (including phenoxy) is 1. The van der Waals surface area contributed by atoms with Crippen LogP contribution in [0.1, 0.15) is 41.9 Å². The second kappa shape index (κ2) is 6.89. The summed E-state index contributed by atoms with van der Waals surface area (Å²) in [6.07, 6.45) is 5.47.